The van der Waals surface area contributed by atoms with E-state index in [1.165, 1.54) is 0 Å². The molecule has 3 heterocycles. The third-order valence-electron chi connectivity index (χ3n) is 5.49. The second-order valence-corrected chi connectivity index (χ2v) is 7.98. The lowest BCUT2D eigenvalue weighted by atomic mass is 10.1. The van der Waals surface area contributed by atoms with E-state index in [9.17, 15) is 0 Å². The Morgan fingerprint density at radius 1 is 0.886 bits per heavy atom. The predicted octanol–water partition coefficient (Wildman–Crippen LogP) is 6.11. The van der Waals surface area contributed by atoms with Gasteiger partial charge in [0.15, 0.2) is 0 Å². The van der Waals surface area contributed by atoms with Crippen LogP contribution in [0.2, 0.25) is 0 Å². The summed E-state index contributed by atoms with van der Waals surface area (Å²) in [5.74, 6) is 2.67. The number of amidine groups is 1. The maximum Gasteiger partial charge on any atom is 0.148 e. The molecule has 2 N–H and O–H groups in total. The minimum Gasteiger partial charge on any atom is -0.494 e. The summed E-state index contributed by atoms with van der Waals surface area (Å²) in [6.45, 7) is 1.53. The monoisotopic (exact) mass is 463 g/mol. The van der Waals surface area contributed by atoms with E-state index >= 15 is 0 Å². The minimum absolute atomic E-state index is 0.254. The van der Waals surface area contributed by atoms with Crippen molar-refractivity contribution in [3.63, 3.8) is 0 Å². The lowest BCUT2D eigenvalue weighted by Gasteiger charge is -2.08. The van der Waals surface area contributed by atoms with Crippen molar-refractivity contribution in [1.29, 1.82) is 5.41 Å². The largest absolute Gasteiger partial charge is 0.494 e. The Hall–Kier alpha value is -4.65. The van der Waals surface area contributed by atoms with Crippen molar-refractivity contribution in [2.75, 3.05) is 11.9 Å². The first-order valence-corrected chi connectivity index (χ1v) is 11.4. The van der Waals surface area contributed by atoms with Crippen molar-refractivity contribution in [1.82, 2.24) is 14.5 Å². The lowest BCUT2D eigenvalue weighted by molar-refractivity contribution is 0.302. The van der Waals surface area contributed by atoms with E-state index in [-0.39, 0.29) is 5.84 Å². The topological polar surface area (TPSA) is 89.0 Å². The zero-order valence-electron chi connectivity index (χ0n) is 19.1. The normalized spacial score (nSPS) is 10.7. The number of aryl methyl sites for hydroxylation is 1. The van der Waals surface area contributed by atoms with Crippen molar-refractivity contribution in [2.45, 2.75) is 13.0 Å². The average Bonchev–Trinajstić information content (AvgIpc) is 3.61. The summed E-state index contributed by atoms with van der Waals surface area (Å²) >= 11 is 0. The van der Waals surface area contributed by atoms with E-state index in [1.807, 2.05) is 89.9 Å². The molecule has 35 heavy (non-hydrogen) atoms. The van der Waals surface area contributed by atoms with Gasteiger partial charge in [-0.3, -0.25) is 10.4 Å². The van der Waals surface area contributed by atoms with E-state index in [2.05, 4.69) is 15.3 Å². The van der Waals surface area contributed by atoms with Crippen molar-refractivity contribution in [3.05, 3.63) is 109 Å². The van der Waals surface area contributed by atoms with Crippen LogP contribution in [0.25, 0.3) is 22.6 Å². The zero-order valence-corrected chi connectivity index (χ0v) is 19.1. The van der Waals surface area contributed by atoms with Crippen LogP contribution in [0, 0.1) is 5.41 Å². The maximum atomic E-state index is 8.17. The van der Waals surface area contributed by atoms with Gasteiger partial charge in [0, 0.05) is 41.9 Å². The number of ether oxygens (including phenoxy) is 1. The van der Waals surface area contributed by atoms with Crippen LogP contribution < -0.4 is 10.1 Å². The molecule has 7 nitrogen and oxygen atoms in total. The number of pyridine rings is 1. The van der Waals surface area contributed by atoms with E-state index in [4.69, 9.17) is 14.6 Å². The molecule has 0 radical (unpaired) electrons. The second-order valence-electron chi connectivity index (χ2n) is 7.98. The van der Waals surface area contributed by atoms with Crippen LogP contribution >= 0.6 is 0 Å². The first kappa shape index (κ1) is 22.2. The van der Waals surface area contributed by atoms with Gasteiger partial charge in [0.05, 0.1) is 12.9 Å². The third kappa shape index (κ3) is 5.65. The van der Waals surface area contributed by atoms with Gasteiger partial charge in [0.25, 0.3) is 0 Å². The van der Waals surface area contributed by atoms with Crippen molar-refractivity contribution < 1.29 is 9.15 Å². The molecule has 3 aromatic heterocycles. The van der Waals surface area contributed by atoms with Crippen molar-refractivity contribution in [3.8, 4) is 28.4 Å². The Kier molecular flexibility index (Phi) is 6.66. The molecule has 0 atom stereocenters. The van der Waals surface area contributed by atoms with Gasteiger partial charge in [-0.1, -0.05) is 6.07 Å². The lowest BCUT2D eigenvalue weighted by Crippen LogP contribution is -2.13. The molecular formula is C28H25N5O2. The highest BCUT2D eigenvalue weighted by molar-refractivity contribution is 6.04. The van der Waals surface area contributed by atoms with Gasteiger partial charge in [-0.15, -0.1) is 0 Å². The van der Waals surface area contributed by atoms with Crippen LogP contribution in [0.15, 0.2) is 108 Å². The van der Waals surface area contributed by atoms with Gasteiger partial charge in [-0.05, 0) is 79.2 Å². The van der Waals surface area contributed by atoms with Gasteiger partial charge in [0.1, 0.15) is 28.8 Å². The molecule has 0 saturated carbocycles. The SMILES string of the molecule is N=C(Nc1ccc(-c2ccc(-c3ccc(OCCCn4ccnc4)cc3)o2)cc1)c1ccccn1. The van der Waals surface area contributed by atoms with E-state index < -0.39 is 0 Å². The van der Waals surface area contributed by atoms with E-state index in [0.29, 0.717) is 12.3 Å². The summed E-state index contributed by atoms with van der Waals surface area (Å²) < 4.78 is 14.0. The van der Waals surface area contributed by atoms with Crippen LogP contribution in [0.5, 0.6) is 5.75 Å². The first-order valence-electron chi connectivity index (χ1n) is 11.4. The summed E-state index contributed by atoms with van der Waals surface area (Å²) in [7, 11) is 0. The molecule has 0 fully saturated rings. The Labute approximate surface area is 203 Å². The number of hydrogen-bond donors (Lipinski definition) is 2. The highest BCUT2D eigenvalue weighted by Gasteiger charge is 2.08. The van der Waals surface area contributed by atoms with E-state index in [1.54, 1.807) is 18.5 Å². The predicted molar refractivity (Wildman–Crippen MR) is 137 cm³/mol. The van der Waals surface area contributed by atoms with Gasteiger partial charge < -0.3 is 19.0 Å². The molecule has 0 aliphatic heterocycles. The molecule has 0 aliphatic carbocycles. The first-order chi connectivity index (χ1) is 17.2. The molecule has 174 valence electrons. The van der Waals surface area contributed by atoms with Crippen molar-refractivity contribution >= 4 is 11.5 Å². The number of hydrogen-bond acceptors (Lipinski definition) is 5. The molecule has 0 aliphatic rings. The number of benzene rings is 2. The average molecular weight is 464 g/mol. The molecule has 2 aromatic carbocycles. The molecule has 5 aromatic rings. The summed E-state index contributed by atoms with van der Waals surface area (Å²) in [5, 5.41) is 11.2. The maximum absolute atomic E-state index is 8.17. The Balaban J connectivity index is 1.17. The molecule has 7 heteroatoms. The van der Waals surface area contributed by atoms with Crippen LogP contribution in [0.4, 0.5) is 5.69 Å². The smallest absolute Gasteiger partial charge is 0.148 e. The van der Waals surface area contributed by atoms with Crippen molar-refractivity contribution in [2.24, 2.45) is 0 Å². The van der Waals surface area contributed by atoms with Gasteiger partial charge in [0.2, 0.25) is 0 Å². The standard InChI is InChI=1S/C28H25N5O2/c29-28(25-4-1-2-15-31-25)32-23-9-5-21(6-10-23)26-13-14-27(35-26)22-7-11-24(12-8-22)34-19-3-17-33-18-16-30-20-33/h1-2,4-16,18,20H,3,17,19H2,(H2,29,32). The van der Waals surface area contributed by atoms with Crippen LogP contribution in [-0.4, -0.2) is 27.0 Å². The summed E-state index contributed by atoms with van der Waals surface area (Å²) in [5.41, 5.74) is 3.36. The summed E-state index contributed by atoms with van der Waals surface area (Å²) in [4.78, 5) is 8.24. The van der Waals surface area contributed by atoms with Gasteiger partial charge in [-0.2, -0.15) is 0 Å². The fraction of sp³-hybridized carbons (Fsp3) is 0.107. The van der Waals surface area contributed by atoms with Crippen LogP contribution in [-0.2, 0) is 6.54 Å². The fourth-order valence-electron chi connectivity index (χ4n) is 3.66. The van der Waals surface area contributed by atoms with E-state index in [0.717, 1.165) is 47.0 Å². The highest BCUT2D eigenvalue weighted by atomic mass is 16.5. The number of nitrogens with one attached hydrogen (secondary N) is 2. The number of nitrogens with zero attached hydrogens (tertiary/aromatic N) is 3. The number of anilines is 1. The van der Waals surface area contributed by atoms with Gasteiger partial charge in [-0.25, -0.2) is 4.98 Å². The number of rotatable bonds is 9. The Morgan fingerprint density at radius 2 is 1.63 bits per heavy atom. The number of aromatic nitrogens is 3. The van der Waals surface area contributed by atoms with Crippen LogP contribution in [0.1, 0.15) is 12.1 Å². The molecule has 0 bridgehead atoms. The minimum atomic E-state index is 0.254. The molecule has 5 rings (SSSR count). The summed E-state index contributed by atoms with van der Waals surface area (Å²) in [6, 6.07) is 25.2. The Bertz CT molecular complexity index is 1360. The molecular weight excluding hydrogens is 438 g/mol. The second kappa shape index (κ2) is 10.5. The van der Waals surface area contributed by atoms with Crippen LogP contribution in [0.3, 0.4) is 0 Å². The fourth-order valence-corrected chi connectivity index (χ4v) is 3.66. The molecule has 0 amide bonds. The number of furan rings is 1. The molecule has 0 spiro atoms. The molecule has 0 unspecified atom stereocenters. The third-order valence-corrected chi connectivity index (χ3v) is 5.49. The molecule has 0 saturated heterocycles. The summed E-state index contributed by atoms with van der Waals surface area (Å²) in [6.07, 6.45) is 8.14. The van der Waals surface area contributed by atoms with Gasteiger partial charge >= 0.3 is 0 Å². The zero-order chi connectivity index (χ0) is 23.9. The number of imidazole rings is 1. The quantitative estimate of drug-likeness (QED) is 0.156. The highest BCUT2D eigenvalue weighted by Crippen LogP contribution is 2.30. The Morgan fingerprint density at radius 3 is 2.29 bits per heavy atom.